The van der Waals surface area contributed by atoms with E-state index in [4.69, 9.17) is 9.84 Å². The number of aromatic nitrogens is 1. The number of benzene rings is 1. The molecule has 0 amide bonds. The van der Waals surface area contributed by atoms with Crippen molar-refractivity contribution in [2.75, 3.05) is 0 Å². The van der Waals surface area contributed by atoms with Gasteiger partial charge in [-0.15, -0.1) is 11.3 Å². The number of hydrogen-bond donors (Lipinski definition) is 1. The van der Waals surface area contributed by atoms with Crippen molar-refractivity contribution in [3.63, 3.8) is 0 Å². The van der Waals surface area contributed by atoms with Crippen LogP contribution < -0.4 is 4.74 Å². The number of nitrogens with zero attached hydrogens (tertiary/aromatic N) is 1. The Morgan fingerprint density at radius 2 is 2.26 bits per heavy atom. The molecule has 5 heteroatoms. The van der Waals surface area contributed by atoms with E-state index in [0.29, 0.717) is 18.3 Å². The molecule has 100 valence electrons. The lowest BCUT2D eigenvalue weighted by Gasteiger charge is -2.04. The second kappa shape index (κ2) is 5.84. The zero-order chi connectivity index (χ0) is 13.8. The molecule has 0 saturated carbocycles. The van der Waals surface area contributed by atoms with E-state index < -0.39 is 5.97 Å². The van der Waals surface area contributed by atoms with Crippen LogP contribution in [0.5, 0.6) is 5.75 Å². The summed E-state index contributed by atoms with van der Waals surface area (Å²) in [5, 5.41) is 11.8. The Hall–Kier alpha value is -1.88. The van der Waals surface area contributed by atoms with E-state index in [1.165, 1.54) is 12.1 Å². The molecule has 1 heterocycles. The third-order valence-electron chi connectivity index (χ3n) is 2.60. The van der Waals surface area contributed by atoms with Gasteiger partial charge >= 0.3 is 5.97 Å². The van der Waals surface area contributed by atoms with Crippen LogP contribution in [0.2, 0.25) is 0 Å². The average Bonchev–Trinajstić information content (AvgIpc) is 2.85. The number of carboxylic acid groups (broad SMARTS) is 1. The molecule has 0 unspecified atom stereocenters. The van der Waals surface area contributed by atoms with E-state index in [0.717, 1.165) is 10.7 Å². The predicted octanol–water partition coefficient (Wildman–Crippen LogP) is 3.54. The van der Waals surface area contributed by atoms with Crippen molar-refractivity contribution in [2.45, 2.75) is 26.4 Å². The molecule has 0 radical (unpaired) electrons. The highest BCUT2D eigenvalue weighted by Crippen LogP contribution is 2.20. The zero-order valence-corrected chi connectivity index (χ0v) is 11.6. The van der Waals surface area contributed by atoms with E-state index in [9.17, 15) is 4.79 Å². The Kier molecular flexibility index (Phi) is 4.16. The summed E-state index contributed by atoms with van der Waals surface area (Å²) in [6.07, 6.45) is 0. The fourth-order valence-electron chi connectivity index (χ4n) is 1.52. The first kappa shape index (κ1) is 13.5. The molecule has 4 nitrogen and oxygen atoms in total. The van der Waals surface area contributed by atoms with Gasteiger partial charge < -0.3 is 9.84 Å². The number of carboxylic acids is 1. The fraction of sp³-hybridized carbons (Fsp3) is 0.286. The molecule has 1 aromatic heterocycles. The fourth-order valence-corrected chi connectivity index (χ4v) is 2.39. The molecule has 0 fully saturated rings. The van der Waals surface area contributed by atoms with E-state index in [1.54, 1.807) is 23.5 Å². The van der Waals surface area contributed by atoms with Crippen molar-refractivity contribution < 1.29 is 14.6 Å². The molecule has 0 atom stereocenters. The van der Waals surface area contributed by atoms with Crippen LogP contribution in [0, 0.1) is 0 Å². The lowest BCUT2D eigenvalue weighted by Crippen LogP contribution is -1.99. The standard InChI is InChI=1S/C14H15NO3S/c1-9(2)12-8-19-13(15-12)7-18-11-5-3-4-10(6-11)14(16)17/h3-6,8-9H,7H2,1-2H3,(H,16,17). The summed E-state index contributed by atoms with van der Waals surface area (Å²) in [4.78, 5) is 15.3. The molecule has 1 N–H and O–H groups in total. The molecular formula is C14H15NO3S. The van der Waals surface area contributed by atoms with Gasteiger partial charge in [0.15, 0.2) is 0 Å². The molecule has 0 aliphatic carbocycles. The average molecular weight is 277 g/mol. The minimum absolute atomic E-state index is 0.222. The quantitative estimate of drug-likeness (QED) is 0.908. The summed E-state index contributed by atoms with van der Waals surface area (Å²) >= 11 is 1.56. The number of carbonyl (C=O) groups is 1. The minimum Gasteiger partial charge on any atom is -0.486 e. The molecule has 0 spiro atoms. The van der Waals surface area contributed by atoms with E-state index in [2.05, 4.69) is 18.8 Å². The second-order valence-electron chi connectivity index (χ2n) is 4.44. The smallest absolute Gasteiger partial charge is 0.335 e. The lowest BCUT2D eigenvalue weighted by molar-refractivity contribution is 0.0696. The Bertz CT molecular complexity index is 578. The number of ether oxygens (including phenoxy) is 1. The van der Waals surface area contributed by atoms with Crippen LogP contribution in [0.4, 0.5) is 0 Å². The maximum Gasteiger partial charge on any atom is 0.335 e. The molecule has 0 bridgehead atoms. The summed E-state index contributed by atoms with van der Waals surface area (Å²) in [7, 11) is 0. The third kappa shape index (κ3) is 3.54. The highest BCUT2D eigenvalue weighted by Gasteiger charge is 2.07. The van der Waals surface area contributed by atoms with Gasteiger partial charge in [-0.2, -0.15) is 0 Å². The van der Waals surface area contributed by atoms with Gasteiger partial charge in [0.2, 0.25) is 0 Å². The first-order valence-corrected chi connectivity index (χ1v) is 6.84. The second-order valence-corrected chi connectivity index (χ2v) is 5.39. The van der Waals surface area contributed by atoms with Crippen LogP contribution in [0.1, 0.15) is 40.8 Å². The topological polar surface area (TPSA) is 59.4 Å². The number of aromatic carboxylic acids is 1. The van der Waals surface area contributed by atoms with Gasteiger partial charge in [0.05, 0.1) is 11.3 Å². The van der Waals surface area contributed by atoms with Gasteiger partial charge in [-0.25, -0.2) is 9.78 Å². The Morgan fingerprint density at radius 1 is 1.47 bits per heavy atom. The molecule has 2 rings (SSSR count). The van der Waals surface area contributed by atoms with Gasteiger partial charge in [0, 0.05) is 5.38 Å². The van der Waals surface area contributed by atoms with Crippen LogP contribution in [0.3, 0.4) is 0 Å². The molecule has 0 aliphatic heterocycles. The Balaban J connectivity index is 2.01. The summed E-state index contributed by atoms with van der Waals surface area (Å²) in [6.45, 7) is 4.55. The van der Waals surface area contributed by atoms with Crippen molar-refractivity contribution in [3.05, 3.63) is 45.9 Å². The van der Waals surface area contributed by atoms with Crippen molar-refractivity contribution in [3.8, 4) is 5.75 Å². The van der Waals surface area contributed by atoms with Crippen LogP contribution in [-0.2, 0) is 6.61 Å². The molecule has 2 aromatic rings. The summed E-state index contributed by atoms with van der Waals surface area (Å²) in [5.41, 5.74) is 1.28. The Morgan fingerprint density at radius 3 is 2.89 bits per heavy atom. The van der Waals surface area contributed by atoms with Crippen LogP contribution in [-0.4, -0.2) is 16.1 Å². The maximum absolute atomic E-state index is 10.8. The highest BCUT2D eigenvalue weighted by molar-refractivity contribution is 7.09. The monoisotopic (exact) mass is 277 g/mol. The van der Waals surface area contributed by atoms with Gasteiger partial charge in [-0.05, 0) is 24.1 Å². The van der Waals surface area contributed by atoms with Crippen molar-refractivity contribution >= 4 is 17.3 Å². The third-order valence-corrected chi connectivity index (χ3v) is 3.44. The largest absolute Gasteiger partial charge is 0.486 e. The molecule has 19 heavy (non-hydrogen) atoms. The Labute approximate surface area is 115 Å². The first-order valence-electron chi connectivity index (χ1n) is 5.96. The van der Waals surface area contributed by atoms with Crippen molar-refractivity contribution in [1.29, 1.82) is 0 Å². The van der Waals surface area contributed by atoms with Crippen molar-refractivity contribution in [2.24, 2.45) is 0 Å². The van der Waals surface area contributed by atoms with E-state index in [-0.39, 0.29) is 5.56 Å². The number of thiazole rings is 1. The predicted molar refractivity (Wildman–Crippen MR) is 73.9 cm³/mol. The molecule has 0 saturated heterocycles. The number of hydrogen-bond acceptors (Lipinski definition) is 4. The molecular weight excluding hydrogens is 262 g/mol. The van der Waals surface area contributed by atoms with Gasteiger partial charge in [-0.3, -0.25) is 0 Å². The summed E-state index contributed by atoms with van der Waals surface area (Å²) in [5.74, 6) is -0.0108. The zero-order valence-electron chi connectivity index (χ0n) is 10.8. The van der Waals surface area contributed by atoms with Gasteiger partial charge in [0.1, 0.15) is 17.4 Å². The summed E-state index contributed by atoms with van der Waals surface area (Å²) < 4.78 is 5.56. The number of rotatable bonds is 5. The first-order chi connectivity index (χ1) is 9.06. The van der Waals surface area contributed by atoms with Crippen LogP contribution in [0.15, 0.2) is 29.6 Å². The molecule has 0 aliphatic rings. The summed E-state index contributed by atoms with van der Waals surface area (Å²) in [6, 6.07) is 6.46. The molecule has 1 aromatic carbocycles. The lowest BCUT2D eigenvalue weighted by atomic mass is 10.2. The highest BCUT2D eigenvalue weighted by atomic mass is 32.1. The normalized spacial score (nSPS) is 10.7. The van der Waals surface area contributed by atoms with Crippen LogP contribution in [0.25, 0.3) is 0 Å². The van der Waals surface area contributed by atoms with Crippen molar-refractivity contribution in [1.82, 2.24) is 4.98 Å². The van der Waals surface area contributed by atoms with Gasteiger partial charge in [-0.1, -0.05) is 19.9 Å². The van der Waals surface area contributed by atoms with E-state index >= 15 is 0 Å². The van der Waals surface area contributed by atoms with Gasteiger partial charge in [0.25, 0.3) is 0 Å². The minimum atomic E-state index is -0.957. The maximum atomic E-state index is 10.8. The SMILES string of the molecule is CC(C)c1csc(COc2cccc(C(=O)O)c2)n1. The van der Waals surface area contributed by atoms with E-state index in [1.807, 2.05) is 5.38 Å². The van der Waals surface area contributed by atoms with Crippen LogP contribution >= 0.6 is 11.3 Å².